The largest absolute Gasteiger partial charge is 0.481 e. The Morgan fingerprint density at radius 3 is 2.37 bits per heavy atom. The number of nitrogens with two attached hydrogens (primary N) is 1. The van der Waals surface area contributed by atoms with Crippen molar-refractivity contribution in [2.24, 2.45) is 5.92 Å². The SMILES string of the molecule is CC(C)CCN(C(=O)C(C)Oc1ccc(C#N)cc1)c1c(N)n(Cc2ccccc2)c(=O)[nH]c1=O. The van der Waals surface area contributed by atoms with Gasteiger partial charge >= 0.3 is 5.69 Å². The van der Waals surface area contributed by atoms with E-state index < -0.39 is 23.3 Å². The van der Waals surface area contributed by atoms with E-state index in [9.17, 15) is 14.4 Å². The summed E-state index contributed by atoms with van der Waals surface area (Å²) in [5.41, 5.74) is 6.15. The van der Waals surface area contributed by atoms with E-state index in [1.807, 2.05) is 50.2 Å². The number of hydrogen-bond acceptors (Lipinski definition) is 6. The molecule has 1 atom stereocenters. The molecule has 0 aliphatic heterocycles. The monoisotopic (exact) mass is 475 g/mol. The molecule has 0 spiro atoms. The Kier molecular flexibility index (Phi) is 8.10. The zero-order chi connectivity index (χ0) is 25.5. The number of nitrogens with zero attached hydrogens (tertiary/aromatic N) is 3. The predicted molar refractivity (Wildman–Crippen MR) is 134 cm³/mol. The van der Waals surface area contributed by atoms with E-state index in [4.69, 9.17) is 15.7 Å². The van der Waals surface area contributed by atoms with Crippen LogP contribution in [0.5, 0.6) is 5.75 Å². The van der Waals surface area contributed by atoms with E-state index in [2.05, 4.69) is 4.98 Å². The number of ether oxygens (including phenoxy) is 1. The summed E-state index contributed by atoms with van der Waals surface area (Å²) in [6.45, 7) is 5.94. The van der Waals surface area contributed by atoms with E-state index in [1.54, 1.807) is 31.2 Å². The second kappa shape index (κ2) is 11.2. The van der Waals surface area contributed by atoms with Crippen LogP contribution < -0.4 is 26.6 Å². The third kappa shape index (κ3) is 6.18. The standard InChI is InChI=1S/C26H29N5O4/c1-17(2)13-14-30(25(33)18(3)35-21-11-9-19(15-27)10-12-21)22-23(28)31(26(34)29-24(22)32)16-20-7-5-4-6-8-20/h4-12,17-18H,13-14,16,28H2,1-3H3,(H,29,32,34). The van der Waals surface area contributed by atoms with E-state index in [0.717, 1.165) is 5.56 Å². The van der Waals surface area contributed by atoms with Gasteiger partial charge in [0.2, 0.25) is 0 Å². The number of rotatable bonds is 9. The van der Waals surface area contributed by atoms with Crippen molar-refractivity contribution in [3.05, 3.63) is 86.6 Å². The molecule has 1 aromatic heterocycles. The Morgan fingerprint density at radius 1 is 1.11 bits per heavy atom. The van der Waals surface area contributed by atoms with Crippen LogP contribution in [0.3, 0.4) is 0 Å². The number of benzene rings is 2. The third-order valence-electron chi connectivity index (χ3n) is 5.51. The van der Waals surface area contributed by atoms with Gasteiger partial charge in [-0.15, -0.1) is 0 Å². The van der Waals surface area contributed by atoms with Crippen LogP contribution in [-0.2, 0) is 11.3 Å². The van der Waals surface area contributed by atoms with Crippen molar-refractivity contribution >= 4 is 17.4 Å². The molecule has 1 heterocycles. The second-order valence-electron chi connectivity index (χ2n) is 8.63. The molecule has 9 heteroatoms. The Balaban J connectivity index is 1.98. The van der Waals surface area contributed by atoms with Crippen LogP contribution in [0.2, 0.25) is 0 Å². The van der Waals surface area contributed by atoms with Crippen molar-refractivity contribution in [2.45, 2.75) is 39.8 Å². The molecule has 3 rings (SSSR count). The van der Waals surface area contributed by atoms with E-state index in [1.165, 1.54) is 9.47 Å². The van der Waals surface area contributed by atoms with Gasteiger partial charge in [0.25, 0.3) is 11.5 Å². The van der Waals surface area contributed by atoms with Gasteiger partial charge in [0, 0.05) is 6.54 Å². The summed E-state index contributed by atoms with van der Waals surface area (Å²) < 4.78 is 7.04. The molecular weight excluding hydrogens is 446 g/mol. The fraction of sp³-hybridized carbons (Fsp3) is 0.308. The number of carbonyl (C=O) groups is 1. The zero-order valence-corrected chi connectivity index (χ0v) is 20.0. The molecule has 2 aromatic carbocycles. The van der Waals surface area contributed by atoms with Gasteiger partial charge in [-0.05, 0) is 49.1 Å². The molecule has 3 aromatic rings. The Bertz CT molecular complexity index is 1320. The minimum absolute atomic E-state index is 0.0820. The molecule has 0 aliphatic carbocycles. The topological polar surface area (TPSA) is 134 Å². The van der Waals surface area contributed by atoms with E-state index in [-0.39, 0.29) is 30.5 Å². The van der Waals surface area contributed by atoms with Crippen molar-refractivity contribution in [2.75, 3.05) is 17.2 Å². The average Bonchev–Trinajstić information content (AvgIpc) is 2.84. The van der Waals surface area contributed by atoms with Crippen LogP contribution in [0.1, 0.15) is 38.3 Å². The van der Waals surface area contributed by atoms with Crippen LogP contribution in [0, 0.1) is 17.2 Å². The summed E-state index contributed by atoms with van der Waals surface area (Å²) in [6, 6.07) is 17.6. The van der Waals surface area contributed by atoms with Gasteiger partial charge < -0.3 is 15.4 Å². The number of amides is 1. The van der Waals surface area contributed by atoms with Crippen molar-refractivity contribution in [3.8, 4) is 11.8 Å². The van der Waals surface area contributed by atoms with Crippen molar-refractivity contribution in [3.63, 3.8) is 0 Å². The molecule has 9 nitrogen and oxygen atoms in total. The number of aromatic amines is 1. The van der Waals surface area contributed by atoms with Gasteiger partial charge in [0.1, 0.15) is 11.6 Å². The maximum atomic E-state index is 13.5. The lowest BCUT2D eigenvalue weighted by atomic mass is 10.1. The van der Waals surface area contributed by atoms with E-state index in [0.29, 0.717) is 17.7 Å². The first-order valence-corrected chi connectivity index (χ1v) is 11.4. The quantitative estimate of drug-likeness (QED) is 0.489. The number of nitrogen functional groups attached to an aromatic ring is 1. The van der Waals surface area contributed by atoms with Crippen molar-refractivity contribution in [1.82, 2.24) is 9.55 Å². The summed E-state index contributed by atoms with van der Waals surface area (Å²) in [7, 11) is 0. The Labute approximate surface area is 203 Å². The zero-order valence-electron chi connectivity index (χ0n) is 20.0. The Hall–Kier alpha value is -4.32. The molecule has 0 saturated heterocycles. The highest BCUT2D eigenvalue weighted by Gasteiger charge is 2.29. The highest BCUT2D eigenvalue weighted by atomic mass is 16.5. The maximum absolute atomic E-state index is 13.5. The molecule has 1 amide bonds. The molecular formula is C26H29N5O4. The number of carbonyl (C=O) groups excluding carboxylic acids is 1. The molecule has 182 valence electrons. The van der Waals surface area contributed by atoms with Gasteiger partial charge in [-0.3, -0.25) is 19.1 Å². The fourth-order valence-corrected chi connectivity index (χ4v) is 3.56. The molecule has 35 heavy (non-hydrogen) atoms. The fourth-order valence-electron chi connectivity index (χ4n) is 3.56. The smallest absolute Gasteiger partial charge is 0.330 e. The summed E-state index contributed by atoms with van der Waals surface area (Å²) in [5, 5.41) is 8.97. The number of nitriles is 1. The number of aromatic nitrogens is 2. The van der Waals surface area contributed by atoms with Crippen LogP contribution >= 0.6 is 0 Å². The van der Waals surface area contributed by atoms with Gasteiger partial charge in [-0.2, -0.15) is 5.26 Å². The summed E-state index contributed by atoms with van der Waals surface area (Å²) in [6.07, 6.45) is -0.352. The van der Waals surface area contributed by atoms with Crippen LogP contribution in [0.15, 0.2) is 64.2 Å². The summed E-state index contributed by atoms with van der Waals surface area (Å²) >= 11 is 0. The summed E-state index contributed by atoms with van der Waals surface area (Å²) in [4.78, 5) is 42.6. The predicted octanol–water partition coefficient (Wildman–Crippen LogP) is 2.89. The molecule has 0 fully saturated rings. The molecule has 3 N–H and O–H groups in total. The van der Waals surface area contributed by atoms with E-state index >= 15 is 0 Å². The Morgan fingerprint density at radius 2 is 1.77 bits per heavy atom. The number of H-pyrrole nitrogens is 1. The number of anilines is 2. The summed E-state index contributed by atoms with van der Waals surface area (Å²) in [5.74, 6) is 0.0857. The van der Waals surface area contributed by atoms with Crippen LogP contribution in [0.4, 0.5) is 11.5 Å². The lowest BCUT2D eigenvalue weighted by Gasteiger charge is -2.28. The maximum Gasteiger partial charge on any atom is 0.330 e. The molecule has 0 radical (unpaired) electrons. The first-order chi connectivity index (χ1) is 16.7. The second-order valence-corrected chi connectivity index (χ2v) is 8.63. The number of hydrogen-bond donors (Lipinski definition) is 2. The van der Waals surface area contributed by atoms with Gasteiger partial charge in [0.05, 0.1) is 18.2 Å². The van der Waals surface area contributed by atoms with Gasteiger partial charge in [-0.25, -0.2) is 4.79 Å². The van der Waals surface area contributed by atoms with Crippen molar-refractivity contribution in [1.29, 1.82) is 5.26 Å². The molecule has 0 saturated carbocycles. The van der Waals surface area contributed by atoms with Crippen LogP contribution in [0.25, 0.3) is 0 Å². The minimum atomic E-state index is -0.955. The lowest BCUT2D eigenvalue weighted by Crippen LogP contribution is -2.46. The molecule has 0 aliphatic rings. The molecule has 1 unspecified atom stereocenters. The normalized spacial score (nSPS) is 11.6. The highest BCUT2D eigenvalue weighted by molar-refractivity contribution is 5.98. The van der Waals surface area contributed by atoms with Crippen molar-refractivity contribution < 1.29 is 9.53 Å². The average molecular weight is 476 g/mol. The first kappa shape index (κ1) is 25.3. The number of nitrogens with one attached hydrogen (secondary N) is 1. The van der Waals surface area contributed by atoms with Crippen LogP contribution in [-0.4, -0.2) is 28.1 Å². The lowest BCUT2D eigenvalue weighted by molar-refractivity contribution is -0.124. The minimum Gasteiger partial charge on any atom is -0.481 e. The highest BCUT2D eigenvalue weighted by Crippen LogP contribution is 2.22. The third-order valence-corrected chi connectivity index (χ3v) is 5.51. The van der Waals surface area contributed by atoms with Gasteiger partial charge in [0.15, 0.2) is 11.8 Å². The van der Waals surface area contributed by atoms with Gasteiger partial charge in [-0.1, -0.05) is 44.2 Å². The first-order valence-electron chi connectivity index (χ1n) is 11.4. The molecule has 0 bridgehead atoms.